The molecule has 1 aromatic carbocycles. The smallest absolute Gasteiger partial charge is 0.242 e. The number of rotatable bonds is 3. The van der Waals surface area contributed by atoms with Crippen LogP contribution in [0.15, 0.2) is 24.3 Å². The van der Waals surface area contributed by atoms with E-state index in [1.54, 1.807) is 21.9 Å². The van der Waals surface area contributed by atoms with Crippen LogP contribution in [0.1, 0.15) is 37.2 Å². The molecule has 2 aliphatic rings. The van der Waals surface area contributed by atoms with Gasteiger partial charge in [0.25, 0.3) is 0 Å². The van der Waals surface area contributed by atoms with Gasteiger partial charge in [-0.1, -0.05) is 18.2 Å². The summed E-state index contributed by atoms with van der Waals surface area (Å²) in [7, 11) is 0. The molecule has 0 spiro atoms. The maximum atomic E-state index is 13.8. The molecule has 22 heavy (non-hydrogen) atoms. The van der Waals surface area contributed by atoms with Crippen LogP contribution in [-0.4, -0.2) is 47.8 Å². The summed E-state index contributed by atoms with van der Waals surface area (Å²) in [5, 5.41) is 0. The molecule has 118 valence electrons. The number of piperidine rings is 1. The molecule has 2 saturated heterocycles. The standard InChI is InChI=1S/C17H21FN2O2/c18-15-6-2-1-5-14(15)13-8-10-20(11-13)17(22)12-19-9-4-3-7-16(19)21/h1-2,5-6,13H,3-4,7-12H2/t13-/m1/s1. The van der Waals surface area contributed by atoms with Crippen LogP contribution < -0.4 is 0 Å². The Balaban J connectivity index is 1.59. The molecule has 0 aromatic heterocycles. The van der Waals surface area contributed by atoms with Crippen molar-refractivity contribution in [2.45, 2.75) is 31.6 Å². The average molecular weight is 304 g/mol. The molecule has 2 heterocycles. The second-order valence-corrected chi connectivity index (χ2v) is 6.12. The highest BCUT2D eigenvalue weighted by molar-refractivity contribution is 5.85. The van der Waals surface area contributed by atoms with E-state index in [-0.39, 0.29) is 30.1 Å². The van der Waals surface area contributed by atoms with Crippen molar-refractivity contribution in [3.8, 4) is 0 Å². The van der Waals surface area contributed by atoms with E-state index in [2.05, 4.69) is 0 Å². The van der Waals surface area contributed by atoms with Crippen molar-refractivity contribution in [2.75, 3.05) is 26.2 Å². The number of amides is 2. The highest BCUT2D eigenvalue weighted by atomic mass is 19.1. The molecular formula is C17H21FN2O2. The molecule has 0 radical (unpaired) electrons. The summed E-state index contributed by atoms with van der Waals surface area (Å²) < 4.78 is 13.8. The van der Waals surface area contributed by atoms with Gasteiger partial charge in [0.1, 0.15) is 5.82 Å². The van der Waals surface area contributed by atoms with Gasteiger partial charge in [0.05, 0.1) is 6.54 Å². The third kappa shape index (κ3) is 3.13. The molecule has 2 amide bonds. The fourth-order valence-electron chi connectivity index (χ4n) is 3.34. The first-order chi connectivity index (χ1) is 10.6. The highest BCUT2D eigenvalue weighted by Gasteiger charge is 2.30. The quantitative estimate of drug-likeness (QED) is 0.858. The van der Waals surface area contributed by atoms with Gasteiger partial charge in [-0.2, -0.15) is 0 Å². The molecule has 1 atom stereocenters. The second kappa shape index (κ2) is 6.46. The van der Waals surface area contributed by atoms with Gasteiger partial charge in [-0.05, 0) is 30.9 Å². The Morgan fingerprint density at radius 2 is 2.05 bits per heavy atom. The number of hydrogen-bond acceptors (Lipinski definition) is 2. The predicted octanol–water partition coefficient (Wildman–Crippen LogP) is 2.15. The topological polar surface area (TPSA) is 40.6 Å². The molecule has 0 unspecified atom stereocenters. The summed E-state index contributed by atoms with van der Waals surface area (Å²) in [5.41, 5.74) is 0.687. The Morgan fingerprint density at radius 3 is 2.82 bits per heavy atom. The van der Waals surface area contributed by atoms with Gasteiger partial charge in [-0.15, -0.1) is 0 Å². The van der Waals surface area contributed by atoms with Crippen molar-refractivity contribution in [1.82, 2.24) is 9.80 Å². The lowest BCUT2D eigenvalue weighted by Gasteiger charge is -2.28. The van der Waals surface area contributed by atoms with E-state index in [9.17, 15) is 14.0 Å². The minimum Gasteiger partial charge on any atom is -0.341 e. The second-order valence-electron chi connectivity index (χ2n) is 6.12. The third-order valence-corrected chi connectivity index (χ3v) is 4.63. The maximum Gasteiger partial charge on any atom is 0.242 e. The zero-order valence-corrected chi connectivity index (χ0v) is 12.6. The molecule has 5 heteroatoms. The van der Waals surface area contributed by atoms with Gasteiger partial charge < -0.3 is 9.80 Å². The summed E-state index contributed by atoms with van der Waals surface area (Å²) in [6.07, 6.45) is 3.21. The third-order valence-electron chi connectivity index (χ3n) is 4.63. The molecule has 4 nitrogen and oxygen atoms in total. The van der Waals surface area contributed by atoms with Crippen LogP contribution in [0.5, 0.6) is 0 Å². The van der Waals surface area contributed by atoms with Crippen molar-refractivity contribution in [3.05, 3.63) is 35.6 Å². The largest absolute Gasteiger partial charge is 0.341 e. The molecule has 2 aliphatic heterocycles. The lowest BCUT2D eigenvalue weighted by molar-refractivity contribution is -0.141. The number of nitrogens with zero attached hydrogens (tertiary/aromatic N) is 2. The number of carbonyl (C=O) groups is 2. The van der Waals surface area contributed by atoms with Crippen LogP contribution in [0, 0.1) is 5.82 Å². The minimum absolute atomic E-state index is 0.0194. The van der Waals surface area contributed by atoms with Gasteiger partial charge in [-0.25, -0.2) is 4.39 Å². The molecule has 0 saturated carbocycles. The zero-order chi connectivity index (χ0) is 15.5. The predicted molar refractivity (Wildman–Crippen MR) is 80.8 cm³/mol. The van der Waals surface area contributed by atoms with E-state index < -0.39 is 0 Å². The van der Waals surface area contributed by atoms with E-state index in [0.717, 1.165) is 19.3 Å². The monoisotopic (exact) mass is 304 g/mol. The summed E-state index contributed by atoms with van der Waals surface area (Å²) >= 11 is 0. The molecule has 3 rings (SSSR count). The molecular weight excluding hydrogens is 283 g/mol. The fraction of sp³-hybridized carbons (Fsp3) is 0.529. The SMILES string of the molecule is O=C1CCCCN1CC(=O)N1CC[C@@H](c2ccccc2F)C1. The summed E-state index contributed by atoms with van der Waals surface area (Å²) in [4.78, 5) is 27.6. The van der Waals surface area contributed by atoms with E-state index >= 15 is 0 Å². The maximum absolute atomic E-state index is 13.8. The molecule has 0 aliphatic carbocycles. The fourth-order valence-corrected chi connectivity index (χ4v) is 3.34. The first-order valence-corrected chi connectivity index (χ1v) is 7.95. The van der Waals surface area contributed by atoms with Crippen LogP contribution >= 0.6 is 0 Å². The number of halogens is 1. The molecule has 2 fully saturated rings. The number of benzene rings is 1. The van der Waals surface area contributed by atoms with Crippen LogP contribution in [0.3, 0.4) is 0 Å². The summed E-state index contributed by atoms with van der Waals surface area (Å²) in [5.74, 6) is -0.0891. The Morgan fingerprint density at radius 1 is 1.23 bits per heavy atom. The van der Waals surface area contributed by atoms with Gasteiger partial charge in [0, 0.05) is 32.0 Å². The Hall–Kier alpha value is -1.91. The number of hydrogen-bond donors (Lipinski definition) is 0. The van der Waals surface area contributed by atoms with E-state index in [4.69, 9.17) is 0 Å². The Kier molecular flexibility index (Phi) is 4.41. The summed E-state index contributed by atoms with van der Waals surface area (Å²) in [6, 6.07) is 6.77. The molecule has 1 aromatic rings. The highest BCUT2D eigenvalue weighted by Crippen LogP contribution is 2.29. The number of likely N-dealkylation sites (tertiary alicyclic amines) is 2. The Labute approximate surface area is 129 Å². The zero-order valence-electron chi connectivity index (χ0n) is 12.6. The molecule has 0 bridgehead atoms. The minimum atomic E-state index is -0.201. The van der Waals surface area contributed by atoms with E-state index in [1.165, 1.54) is 6.07 Å². The van der Waals surface area contributed by atoms with Crippen LogP contribution in [-0.2, 0) is 9.59 Å². The van der Waals surface area contributed by atoms with Gasteiger partial charge in [-0.3, -0.25) is 9.59 Å². The van der Waals surface area contributed by atoms with Crippen molar-refractivity contribution >= 4 is 11.8 Å². The first kappa shape index (κ1) is 15.0. The lowest BCUT2D eigenvalue weighted by atomic mass is 9.98. The van der Waals surface area contributed by atoms with Gasteiger partial charge in [0.2, 0.25) is 11.8 Å². The van der Waals surface area contributed by atoms with Crippen molar-refractivity contribution < 1.29 is 14.0 Å². The van der Waals surface area contributed by atoms with Crippen molar-refractivity contribution in [3.63, 3.8) is 0 Å². The van der Waals surface area contributed by atoms with E-state index in [1.807, 2.05) is 6.07 Å². The normalized spacial score (nSPS) is 22.2. The van der Waals surface area contributed by atoms with Crippen LogP contribution in [0.4, 0.5) is 4.39 Å². The van der Waals surface area contributed by atoms with Gasteiger partial charge in [0.15, 0.2) is 0 Å². The van der Waals surface area contributed by atoms with Crippen molar-refractivity contribution in [2.24, 2.45) is 0 Å². The first-order valence-electron chi connectivity index (χ1n) is 7.95. The summed E-state index contributed by atoms with van der Waals surface area (Å²) in [6.45, 7) is 2.03. The number of carbonyl (C=O) groups excluding carboxylic acids is 2. The van der Waals surface area contributed by atoms with Crippen molar-refractivity contribution in [1.29, 1.82) is 0 Å². The van der Waals surface area contributed by atoms with E-state index in [0.29, 0.717) is 31.6 Å². The molecule has 0 N–H and O–H groups in total. The lowest BCUT2D eigenvalue weighted by Crippen LogP contribution is -2.44. The van der Waals surface area contributed by atoms with Gasteiger partial charge >= 0.3 is 0 Å². The average Bonchev–Trinajstić information content (AvgIpc) is 3.00. The van der Waals surface area contributed by atoms with Crippen LogP contribution in [0.25, 0.3) is 0 Å². The van der Waals surface area contributed by atoms with Crippen LogP contribution in [0.2, 0.25) is 0 Å². The Bertz CT molecular complexity index is 576.